The molecule has 0 atom stereocenters. The second-order valence-electron chi connectivity index (χ2n) is 5.03. The fourth-order valence-corrected chi connectivity index (χ4v) is 2.25. The standard InChI is InChI=1S/C15H28O5/c1-3-9-14(19-20-16-2)12-7-8-13-17-18-15-10-5-4-6-11-15/h9,15H,3-8,10-13H2,1-2H3. The van der Waals surface area contributed by atoms with Crippen molar-refractivity contribution in [3.63, 3.8) is 0 Å². The Morgan fingerprint density at radius 2 is 1.95 bits per heavy atom. The van der Waals surface area contributed by atoms with Gasteiger partial charge in [-0.3, -0.25) is 0 Å². The summed E-state index contributed by atoms with van der Waals surface area (Å²) in [5, 5.41) is 4.48. The van der Waals surface area contributed by atoms with Crippen molar-refractivity contribution >= 4 is 0 Å². The van der Waals surface area contributed by atoms with Crippen LogP contribution in [0.3, 0.4) is 0 Å². The molecular weight excluding hydrogens is 260 g/mol. The molecule has 0 unspecified atom stereocenters. The number of allylic oxidation sites excluding steroid dienone is 2. The molecule has 1 aliphatic rings. The molecule has 0 bridgehead atoms. The van der Waals surface area contributed by atoms with Gasteiger partial charge in [-0.05, 0) is 43.2 Å². The highest BCUT2D eigenvalue weighted by atomic mass is 17.5. The molecule has 20 heavy (non-hydrogen) atoms. The van der Waals surface area contributed by atoms with Crippen LogP contribution in [-0.2, 0) is 24.6 Å². The van der Waals surface area contributed by atoms with Crippen LogP contribution in [0.5, 0.6) is 0 Å². The second-order valence-corrected chi connectivity index (χ2v) is 5.03. The van der Waals surface area contributed by atoms with Gasteiger partial charge in [0.15, 0.2) is 0 Å². The number of rotatable bonds is 11. The van der Waals surface area contributed by atoms with Crippen LogP contribution < -0.4 is 0 Å². The molecule has 0 saturated heterocycles. The molecule has 118 valence electrons. The Hall–Kier alpha value is -0.620. The van der Waals surface area contributed by atoms with Gasteiger partial charge in [0.05, 0.1) is 19.8 Å². The third kappa shape index (κ3) is 8.53. The van der Waals surface area contributed by atoms with Crippen molar-refractivity contribution in [2.75, 3.05) is 13.7 Å². The average molecular weight is 288 g/mol. The minimum absolute atomic E-state index is 0.303. The third-order valence-electron chi connectivity index (χ3n) is 3.30. The summed E-state index contributed by atoms with van der Waals surface area (Å²) in [7, 11) is 1.42. The van der Waals surface area contributed by atoms with Gasteiger partial charge in [0.2, 0.25) is 0 Å². The van der Waals surface area contributed by atoms with Gasteiger partial charge in [0.1, 0.15) is 5.76 Å². The molecule has 0 aliphatic heterocycles. The maximum absolute atomic E-state index is 5.41. The highest BCUT2D eigenvalue weighted by Gasteiger charge is 2.14. The van der Waals surface area contributed by atoms with Crippen LogP contribution in [-0.4, -0.2) is 19.8 Å². The lowest BCUT2D eigenvalue weighted by Crippen LogP contribution is -2.17. The van der Waals surface area contributed by atoms with Crippen LogP contribution in [0.15, 0.2) is 11.8 Å². The maximum Gasteiger partial charge on any atom is 0.141 e. The van der Waals surface area contributed by atoms with Gasteiger partial charge in [0.25, 0.3) is 0 Å². The van der Waals surface area contributed by atoms with Crippen molar-refractivity contribution < 1.29 is 24.6 Å². The second kappa shape index (κ2) is 12.1. The molecule has 5 heteroatoms. The zero-order valence-electron chi connectivity index (χ0n) is 12.8. The summed E-state index contributed by atoms with van der Waals surface area (Å²) in [4.78, 5) is 20.1. The lowest BCUT2D eigenvalue weighted by Gasteiger charge is -2.20. The molecule has 0 amide bonds. The van der Waals surface area contributed by atoms with E-state index in [2.05, 4.69) is 16.8 Å². The Morgan fingerprint density at radius 3 is 2.65 bits per heavy atom. The van der Waals surface area contributed by atoms with E-state index in [9.17, 15) is 0 Å². The van der Waals surface area contributed by atoms with Crippen molar-refractivity contribution in [1.82, 2.24) is 0 Å². The molecule has 0 aromatic carbocycles. The lowest BCUT2D eigenvalue weighted by atomic mass is 9.98. The summed E-state index contributed by atoms with van der Waals surface area (Å²) >= 11 is 0. The fraction of sp³-hybridized carbons (Fsp3) is 0.867. The Morgan fingerprint density at radius 1 is 1.15 bits per heavy atom. The van der Waals surface area contributed by atoms with Gasteiger partial charge in [-0.25, -0.2) is 9.78 Å². The van der Waals surface area contributed by atoms with Gasteiger partial charge < -0.3 is 4.89 Å². The van der Waals surface area contributed by atoms with E-state index in [1.54, 1.807) is 0 Å². The van der Waals surface area contributed by atoms with Crippen LogP contribution in [0, 0.1) is 0 Å². The fourth-order valence-electron chi connectivity index (χ4n) is 2.25. The molecule has 0 heterocycles. The first-order chi connectivity index (χ1) is 9.86. The lowest BCUT2D eigenvalue weighted by molar-refractivity contribution is -0.485. The molecular formula is C15H28O5. The van der Waals surface area contributed by atoms with Crippen molar-refractivity contribution in [2.45, 2.75) is 70.8 Å². The monoisotopic (exact) mass is 288 g/mol. The topological polar surface area (TPSA) is 46.2 Å². The van der Waals surface area contributed by atoms with Crippen molar-refractivity contribution in [2.24, 2.45) is 0 Å². The zero-order chi connectivity index (χ0) is 14.5. The molecule has 0 spiro atoms. The molecule has 0 radical (unpaired) electrons. The summed E-state index contributed by atoms with van der Waals surface area (Å²) in [5.74, 6) is 0.794. The first-order valence-electron chi connectivity index (χ1n) is 7.71. The highest BCUT2D eigenvalue weighted by Crippen LogP contribution is 2.20. The van der Waals surface area contributed by atoms with E-state index >= 15 is 0 Å². The Kier molecular flexibility index (Phi) is 10.6. The Labute approximate surface area is 122 Å². The summed E-state index contributed by atoms with van der Waals surface area (Å²) in [6.45, 7) is 2.68. The van der Waals surface area contributed by atoms with Gasteiger partial charge >= 0.3 is 0 Å². The van der Waals surface area contributed by atoms with Gasteiger partial charge in [-0.1, -0.05) is 26.2 Å². The Bertz CT molecular complexity index is 249. The minimum Gasteiger partial charge on any atom is -0.313 e. The average Bonchev–Trinajstić information content (AvgIpc) is 2.49. The Balaban J connectivity index is 1.98. The third-order valence-corrected chi connectivity index (χ3v) is 3.30. The number of hydrogen-bond acceptors (Lipinski definition) is 5. The van der Waals surface area contributed by atoms with Crippen molar-refractivity contribution in [1.29, 1.82) is 0 Å². The molecule has 0 aromatic heterocycles. The van der Waals surface area contributed by atoms with Gasteiger partial charge in [-0.2, -0.15) is 4.89 Å². The summed E-state index contributed by atoms with van der Waals surface area (Å²) in [6, 6.07) is 0. The van der Waals surface area contributed by atoms with Crippen LogP contribution in [0.1, 0.15) is 64.7 Å². The number of unbranched alkanes of at least 4 members (excludes halogenated alkanes) is 1. The molecule has 1 rings (SSSR count). The van der Waals surface area contributed by atoms with E-state index < -0.39 is 0 Å². The molecule has 1 fully saturated rings. The summed E-state index contributed by atoms with van der Waals surface area (Å²) in [6.07, 6.45) is 12.0. The minimum atomic E-state index is 0.303. The van der Waals surface area contributed by atoms with Crippen LogP contribution >= 0.6 is 0 Å². The van der Waals surface area contributed by atoms with E-state index in [4.69, 9.17) is 14.7 Å². The van der Waals surface area contributed by atoms with E-state index in [1.165, 1.54) is 26.4 Å². The molecule has 5 nitrogen and oxygen atoms in total. The summed E-state index contributed by atoms with van der Waals surface area (Å²) < 4.78 is 0. The van der Waals surface area contributed by atoms with Gasteiger partial charge in [0, 0.05) is 6.42 Å². The zero-order valence-corrected chi connectivity index (χ0v) is 12.8. The number of hydrogen-bond donors (Lipinski definition) is 0. The van der Waals surface area contributed by atoms with E-state index in [1.807, 2.05) is 6.08 Å². The van der Waals surface area contributed by atoms with E-state index in [0.717, 1.165) is 44.3 Å². The van der Waals surface area contributed by atoms with E-state index in [-0.39, 0.29) is 0 Å². The van der Waals surface area contributed by atoms with Crippen molar-refractivity contribution in [3.8, 4) is 0 Å². The molecule has 1 aliphatic carbocycles. The van der Waals surface area contributed by atoms with Crippen LogP contribution in [0.2, 0.25) is 0 Å². The molecule has 1 saturated carbocycles. The molecule has 0 aromatic rings. The molecule has 0 N–H and O–H groups in total. The SMILES string of the molecule is CCC=C(CCCCOOC1CCCCC1)OOOC. The summed E-state index contributed by atoms with van der Waals surface area (Å²) in [5.41, 5.74) is 0. The normalized spacial score (nSPS) is 17.4. The van der Waals surface area contributed by atoms with Crippen LogP contribution in [0.25, 0.3) is 0 Å². The van der Waals surface area contributed by atoms with E-state index in [0.29, 0.717) is 12.7 Å². The highest BCUT2D eigenvalue weighted by molar-refractivity contribution is 4.90. The predicted octanol–water partition coefficient (Wildman–Crippen LogP) is 4.24. The first kappa shape index (κ1) is 17.4. The van der Waals surface area contributed by atoms with Gasteiger partial charge in [-0.15, -0.1) is 0 Å². The van der Waals surface area contributed by atoms with Crippen LogP contribution in [0.4, 0.5) is 0 Å². The largest absolute Gasteiger partial charge is 0.313 e. The smallest absolute Gasteiger partial charge is 0.141 e. The first-order valence-corrected chi connectivity index (χ1v) is 7.71. The quantitative estimate of drug-likeness (QED) is 0.246. The predicted molar refractivity (Wildman–Crippen MR) is 75.3 cm³/mol. The maximum atomic E-state index is 5.41. The van der Waals surface area contributed by atoms with Crippen molar-refractivity contribution in [3.05, 3.63) is 11.8 Å².